The number of fused-ring (bicyclic) bond motifs is 2. The largest absolute Gasteiger partial charge is 0.365 e. The average Bonchev–Trinajstić information content (AvgIpc) is 2.78. The zero-order valence-corrected chi connectivity index (χ0v) is 15.8. The van der Waals surface area contributed by atoms with Crippen LogP contribution in [0.2, 0.25) is 0 Å². The highest BCUT2D eigenvalue weighted by Gasteiger charge is 2.16. The molecule has 0 fully saturated rings. The number of aromatic amines is 1. The first-order valence-electron chi connectivity index (χ1n) is 9.38. The highest BCUT2D eigenvalue weighted by Crippen LogP contribution is 2.33. The Morgan fingerprint density at radius 1 is 0.933 bits per heavy atom. The van der Waals surface area contributed by atoms with E-state index in [1.54, 1.807) is 12.3 Å². The van der Waals surface area contributed by atoms with Gasteiger partial charge < -0.3 is 10.7 Å². The lowest BCUT2D eigenvalue weighted by Gasteiger charge is -2.12. The first-order valence-corrected chi connectivity index (χ1v) is 9.38. The maximum Gasteiger partial charge on any atom is 0.254 e. The van der Waals surface area contributed by atoms with Crippen molar-refractivity contribution < 1.29 is 4.79 Å². The highest BCUT2D eigenvalue weighted by atomic mass is 16.2. The zero-order valence-electron chi connectivity index (χ0n) is 15.8. The molecule has 3 aromatic heterocycles. The van der Waals surface area contributed by atoms with Crippen LogP contribution in [0.25, 0.3) is 44.3 Å². The quantitative estimate of drug-likeness (QED) is 0.486. The van der Waals surface area contributed by atoms with Crippen LogP contribution in [0.3, 0.4) is 0 Å². The monoisotopic (exact) mass is 392 g/mol. The molecule has 5 rings (SSSR count). The van der Waals surface area contributed by atoms with E-state index in [9.17, 15) is 9.59 Å². The van der Waals surface area contributed by atoms with Crippen LogP contribution in [0.5, 0.6) is 0 Å². The first kappa shape index (κ1) is 17.8. The van der Waals surface area contributed by atoms with E-state index >= 15 is 0 Å². The number of nitrogens with one attached hydrogen (secondary N) is 1. The Labute approximate surface area is 171 Å². The molecule has 0 aliphatic carbocycles. The van der Waals surface area contributed by atoms with Gasteiger partial charge in [-0.2, -0.15) is 0 Å². The van der Waals surface area contributed by atoms with Crippen molar-refractivity contribution in [1.82, 2.24) is 15.0 Å². The number of nitrogens with zero attached hydrogens (tertiary/aromatic N) is 2. The van der Waals surface area contributed by atoms with Gasteiger partial charge in [-0.1, -0.05) is 42.5 Å². The second-order valence-corrected chi connectivity index (χ2v) is 6.95. The molecule has 0 aliphatic heterocycles. The number of benzene rings is 2. The third-order valence-electron chi connectivity index (χ3n) is 5.09. The number of carbonyl (C=O) groups is 1. The Hall–Kier alpha value is -4.32. The molecule has 0 unspecified atom stereocenters. The number of hydrogen-bond donors (Lipinski definition) is 2. The lowest BCUT2D eigenvalue weighted by molar-refractivity contribution is 0.0999. The summed E-state index contributed by atoms with van der Waals surface area (Å²) in [5.41, 5.74) is 9.43. The van der Waals surface area contributed by atoms with Gasteiger partial charge in [-0.05, 0) is 29.8 Å². The lowest BCUT2D eigenvalue weighted by Crippen LogP contribution is -2.22. The van der Waals surface area contributed by atoms with Gasteiger partial charge in [0, 0.05) is 28.9 Å². The maximum absolute atomic E-state index is 12.8. The normalized spacial score (nSPS) is 11.1. The summed E-state index contributed by atoms with van der Waals surface area (Å²) in [6, 6.07) is 21.3. The molecule has 0 saturated carbocycles. The van der Waals surface area contributed by atoms with Crippen LogP contribution < -0.4 is 11.2 Å². The molecule has 144 valence electrons. The number of hydrogen-bond acceptors (Lipinski definition) is 4. The van der Waals surface area contributed by atoms with Crippen molar-refractivity contribution >= 4 is 27.8 Å². The SMILES string of the molecule is NC(=O)c1c[nH]c2nc(-c3ccccc3)c(-c3ccc4ncccc4c3)cc2c1=O. The summed E-state index contributed by atoms with van der Waals surface area (Å²) in [4.78, 5) is 36.5. The van der Waals surface area contributed by atoms with Crippen LogP contribution in [-0.4, -0.2) is 20.9 Å². The fourth-order valence-corrected chi connectivity index (χ4v) is 3.61. The van der Waals surface area contributed by atoms with Gasteiger partial charge in [-0.3, -0.25) is 14.6 Å². The van der Waals surface area contributed by atoms with Crippen LogP contribution in [0.1, 0.15) is 10.4 Å². The summed E-state index contributed by atoms with van der Waals surface area (Å²) < 4.78 is 0. The summed E-state index contributed by atoms with van der Waals surface area (Å²) in [5.74, 6) is -0.774. The molecule has 3 heterocycles. The molecule has 1 amide bonds. The molecule has 3 N–H and O–H groups in total. The zero-order chi connectivity index (χ0) is 20.7. The van der Waals surface area contributed by atoms with E-state index in [4.69, 9.17) is 10.7 Å². The molecule has 6 nitrogen and oxygen atoms in total. The molecule has 2 aromatic carbocycles. The number of nitrogens with two attached hydrogens (primary N) is 1. The predicted molar refractivity (Wildman–Crippen MR) is 117 cm³/mol. The van der Waals surface area contributed by atoms with Gasteiger partial charge in [-0.25, -0.2) is 4.98 Å². The van der Waals surface area contributed by atoms with Crippen molar-refractivity contribution in [3.8, 4) is 22.4 Å². The molecule has 0 saturated heterocycles. The van der Waals surface area contributed by atoms with Gasteiger partial charge in [0.2, 0.25) is 5.43 Å². The fraction of sp³-hybridized carbons (Fsp3) is 0. The predicted octanol–water partition coefficient (Wildman–Crippen LogP) is 3.90. The number of aromatic nitrogens is 3. The minimum Gasteiger partial charge on any atom is -0.365 e. The summed E-state index contributed by atoms with van der Waals surface area (Å²) in [6.07, 6.45) is 3.07. The molecular formula is C24H16N4O2. The molecule has 6 heteroatoms. The summed E-state index contributed by atoms with van der Waals surface area (Å²) in [5, 5.41) is 1.29. The average molecular weight is 392 g/mol. The molecule has 0 bridgehead atoms. The Bertz CT molecular complexity index is 1490. The first-order chi connectivity index (χ1) is 14.6. The number of pyridine rings is 3. The lowest BCUT2D eigenvalue weighted by atomic mass is 9.96. The second-order valence-electron chi connectivity index (χ2n) is 6.95. The van der Waals surface area contributed by atoms with E-state index < -0.39 is 11.3 Å². The Kier molecular flexibility index (Phi) is 4.10. The standard InChI is InChI=1S/C24H16N4O2/c25-23(30)19-13-27-24-18(22(19)29)12-17(21(28-24)14-5-2-1-3-6-14)15-8-9-20-16(11-15)7-4-10-26-20/h1-13H,(H2,25,30)(H,27,28,29). The van der Waals surface area contributed by atoms with Crippen LogP contribution in [0.15, 0.2) is 83.9 Å². The van der Waals surface area contributed by atoms with E-state index in [-0.39, 0.29) is 5.56 Å². The number of carbonyl (C=O) groups excluding carboxylic acids is 1. The van der Waals surface area contributed by atoms with Gasteiger partial charge in [-0.15, -0.1) is 0 Å². The Morgan fingerprint density at radius 2 is 1.77 bits per heavy atom. The van der Waals surface area contributed by atoms with Crippen molar-refractivity contribution in [1.29, 1.82) is 0 Å². The molecular weight excluding hydrogens is 376 g/mol. The number of rotatable bonds is 3. The van der Waals surface area contributed by atoms with Crippen molar-refractivity contribution in [2.45, 2.75) is 0 Å². The number of primary amides is 1. The smallest absolute Gasteiger partial charge is 0.254 e. The van der Waals surface area contributed by atoms with Crippen LogP contribution in [0.4, 0.5) is 0 Å². The molecule has 5 aromatic rings. The fourth-order valence-electron chi connectivity index (χ4n) is 3.61. The molecule has 0 radical (unpaired) electrons. The van der Waals surface area contributed by atoms with Crippen LogP contribution in [0, 0.1) is 0 Å². The molecule has 0 aliphatic rings. The molecule has 30 heavy (non-hydrogen) atoms. The van der Waals surface area contributed by atoms with Crippen molar-refractivity contribution in [3.05, 3.63) is 94.9 Å². The molecule has 0 atom stereocenters. The van der Waals surface area contributed by atoms with E-state index in [1.807, 2.05) is 60.7 Å². The van der Waals surface area contributed by atoms with Gasteiger partial charge in [0.1, 0.15) is 11.2 Å². The van der Waals surface area contributed by atoms with E-state index in [2.05, 4.69) is 9.97 Å². The molecule has 0 spiro atoms. The summed E-state index contributed by atoms with van der Waals surface area (Å²) >= 11 is 0. The van der Waals surface area contributed by atoms with Gasteiger partial charge in [0.25, 0.3) is 5.91 Å². The minimum absolute atomic E-state index is 0.0922. The summed E-state index contributed by atoms with van der Waals surface area (Å²) in [6.45, 7) is 0. The van der Waals surface area contributed by atoms with E-state index in [0.717, 1.165) is 33.3 Å². The summed E-state index contributed by atoms with van der Waals surface area (Å²) in [7, 11) is 0. The third kappa shape index (κ3) is 2.91. The highest BCUT2D eigenvalue weighted by molar-refractivity contribution is 5.98. The topological polar surface area (TPSA) is 102 Å². The van der Waals surface area contributed by atoms with Crippen molar-refractivity contribution in [2.24, 2.45) is 5.73 Å². The van der Waals surface area contributed by atoms with E-state index in [1.165, 1.54) is 6.20 Å². The van der Waals surface area contributed by atoms with Crippen molar-refractivity contribution in [3.63, 3.8) is 0 Å². The maximum atomic E-state index is 12.8. The van der Waals surface area contributed by atoms with Crippen LogP contribution in [-0.2, 0) is 0 Å². The van der Waals surface area contributed by atoms with Gasteiger partial charge in [0.05, 0.1) is 16.6 Å². The van der Waals surface area contributed by atoms with E-state index in [0.29, 0.717) is 11.0 Å². The van der Waals surface area contributed by atoms with Crippen LogP contribution >= 0.6 is 0 Å². The number of amides is 1. The Morgan fingerprint density at radius 3 is 2.57 bits per heavy atom. The Balaban J connectivity index is 1.85. The van der Waals surface area contributed by atoms with Crippen molar-refractivity contribution in [2.75, 3.05) is 0 Å². The van der Waals surface area contributed by atoms with Gasteiger partial charge >= 0.3 is 0 Å². The van der Waals surface area contributed by atoms with Gasteiger partial charge in [0.15, 0.2) is 0 Å². The third-order valence-corrected chi connectivity index (χ3v) is 5.09. The minimum atomic E-state index is -0.774. The second kappa shape index (κ2) is 6.93. The number of H-pyrrole nitrogens is 1.